The number of nitrogen functional groups attached to an aromatic ring is 1. The maximum absolute atomic E-state index is 12.0. The van der Waals surface area contributed by atoms with Crippen molar-refractivity contribution in [3.05, 3.63) is 11.3 Å². The summed E-state index contributed by atoms with van der Waals surface area (Å²) in [6.45, 7) is 8.12. The predicted octanol–water partition coefficient (Wildman–Crippen LogP) is 1.28. The van der Waals surface area contributed by atoms with Gasteiger partial charge in [-0.3, -0.25) is 9.69 Å². The molecule has 122 valence electrons. The first-order chi connectivity index (χ1) is 10.2. The van der Waals surface area contributed by atoms with E-state index in [1.54, 1.807) is 6.92 Å². The number of aromatic nitrogens is 2. The van der Waals surface area contributed by atoms with Crippen molar-refractivity contribution in [1.82, 2.24) is 14.7 Å². The summed E-state index contributed by atoms with van der Waals surface area (Å²) in [6, 6.07) is 0. The van der Waals surface area contributed by atoms with Gasteiger partial charge in [0.2, 0.25) is 0 Å². The van der Waals surface area contributed by atoms with Gasteiger partial charge in [-0.1, -0.05) is 0 Å². The average molecular weight is 310 g/mol. The highest BCUT2D eigenvalue weighted by atomic mass is 16.6. The highest BCUT2D eigenvalue weighted by Gasteiger charge is 2.32. The number of anilines is 1. The molecule has 1 aliphatic rings. The van der Waals surface area contributed by atoms with Gasteiger partial charge in [-0.05, 0) is 27.7 Å². The fourth-order valence-electron chi connectivity index (χ4n) is 2.20. The highest BCUT2D eigenvalue weighted by Crippen LogP contribution is 2.28. The molecule has 0 aliphatic carbocycles. The number of amides is 1. The second-order valence-corrected chi connectivity index (χ2v) is 6.11. The zero-order chi connectivity index (χ0) is 16.5. The van der Waals surface area contributed by atoms with Gasteiger partial charge in [0.15, 0.2) is 0 Å². The molecule has 0 atom stereocenters. The molecule has 0 saturated carbocycles. The van der Waals surface area contributed by atoms with E-state index in [1.165, 1.54) is 9.58 Å². The second kappa shape index (κ2) is 5.86. The summed E-state index contributed by atoms with van der Waals surface area (Å²) in [5.41, 5.74) is 6.90. The zero-order valence-electron chi connectivity index (χ0n) is 13.4. The Morgan fingerprint density at radius 1 is 1.32 bits per heavy atom. The molecule has 1 aromatic rings. The number of hydrogen-bond donors (Lipinski definition) is 1. The molecular formula is C14H22N4O4. The third-order valence-electron chi connectivity index (χ3n) is 3.10. The van der Waals surface area contributed by atoms with E-state index >= 15 is 0 Å². The van der Waals surface area contributed by atoms with Gasteiger partial charge < -0.3 is 15.2 Å². The van der Waals surface area contributed by atoms with Crippen LogP contribution in [0.5, 0.6) is 0 Å². The number of nitrogens with two attached hydrogens (primary N) is 1. The third-order valence-corrected chi connectivity index (χ3v) is 3.10. The molecular weight excluding hydrogens is 288 g/mol. The van der Waals surface area contributed by atoms with Crippen LogP contribution in [0.1, 0.15) is 39.0 Å². The third kappa shape index (κ3) is 3.49. The van der Waals surface area contributed by atoms with Crippen LogP contribution in [-0.4, -0.2) is 39.0 Å². The average Bonchev–Trinajstić information content (AvgIpc) is 2.89. The quantitative estimate of drug-likeness (QED) is 0.844. The van der Waals surface area contributed by atoms with E-state index in [2.05, 4.69) is 5.10 Å². The normalized spacial score (nSPS) is 13.9. The molecule has 8 nitrogen and oxygen atoms in total. The number of carbonyl (C=O) groups is 2. The van der Waals surface area contributed by atoms with E-state index in [0.717, 1.165) is 5.56 Å². The van der Waals surface area contributed by atoms with Crippen molar-refractivity contribution >= 4 is 17.9 Å². The lowest BCUT2D eigenvalue weighted by molar-refractivity contribution is -0.144. The van der Waals surface area contributed by atoms with Gasteiger partial charge in [-0.15, -0.1) is 0 Å². The van der Waals surface area contributed by atoms with Crippen LogP contribution in [0.4, 0.5) is 10.6 Å². The van der Waals surface area contributed by atoms with Crippen molar-refractivity contribution in [2.24, 2.45) is 0 Å². The minimum Gasteiger partial charge on any atom is -0.465 e. The lowest BCUT2D eigenvalue weighted by Crippen LogP contribution is -2.33. The Morgan fingerprint density at radius 2 is 2.00 bits per heavy atom. The van der Waals surface area contributed by atoms with Crippen LogP contribution in [0.25, 0.3) is 0 Å². The first-order valence-electron chi connectivity index (χ1n) is 7.19. The van der Waals surface area contributed by atoms with E-state index in [1.807, 2.05) is 20.8 Å². The largest absolute Gasteiger partial charge is 0.465 e. The Labute approximate surface area is 129 Å². The number of rotatable bonds is 3. The first kappa shape index (κ1) is 16.1. The Morgan fingerprint density at radius 3 is 2.55 bits per heavy atom. The van der Waals surface area contributed by atoms with E-state index in [0.29, 0.717) is 31.2 Å². The summed E-state index contributed by atoms with van der Waals surface area (Å²) in [5, 5.41) is 4.28. The van der Waals surface area contributed by atoms with Crippen LogP contribution in [0.15, 0.2) is 0 Å². The zero-order valence-corrected chi connectivity index (χ0v) is 13.4. The lowest BCUT2D eigenvalue weighted by Gasteiger charge is -2.24. The maximum atomic E-state index is 12.0. The van der Waals surface area contributed by atoms with Crippen LogP contribution < -0.4 is 5.73 Å². The lowest BCUT2D eigenvalue weighted by atomic mass is 10.2. The van der Waals surface area contributed by atoms with Crippen molar-refractivity contribution in [3.63, 3.8) is 0 Å². The Hall–Kier alpha value is -2.25. The summed E-state index contributed by atoms with van der Waals surface area (Å²) in [7, 11) is 0. The van der Waals surface area contributed by atoms with Crippen LogP contribution in [-0.2, 0) is 33.9 Å². The van der Waals surface area contributed by atoms with E-state index in [-0.39, 0.29) is 12.5 Å². The fraction of sp³-hybridized carbons (Fsp3) is 0.643. The van der Waals surface area contributed by atoms with Gasteiger partial charge in [-0.2, -0.15) is 5.10 Å². The minimum atomic E-state index is -0.549. The predicted molar refractivity (Wildman–Crippen MR) is 78.8 cm³/mol. The fourth-order valence-corrected chi connectivity index (χ4v) is 2.20. The maximum Gasteiger partial charge on any atom is 0.410 e. The topological polar surface area (TPSA) is 99.7 Å². The molecule has 0 aromatic carbocycles. The summed E-state index contributed by atoms with van der Waals surface area (Å²) < 4.78 is 11.6. The SMILES string of the molecule is CCOC(=O)Cn1nc2c(c1N)CN(C(=O)OC(C)(C)C)C2. The highest BCUT2D eigenvalue weighted by molar-refractivity contribution is 5.71. The number of fused-ring (bicyclic) bond motifs is 1. The standard InChI is InChI=1S/C14H22N4O4/c1-5-21-11(19)8-18-12(15)9-6-17(7-10(9)16-18)13(20)22-14(2,3)4/h5-8,15H2,1-4H3. The molecule has 1 amide bonds. The molecule has 2 N–H and O–H groups in total. The second-order valence-electron chi connectivity index (χ2n) is 6.11. The molecule has 2 rings (SSSR count). The Bertz CT molecular complexity index is 588. The molecule has 0 bridgehead atoms. The molecule has 0 spiro atoms. The number of carbonyl (C=O) groups excluding carboxylic acids is 2. The van der Waals surface area contributed by atoms with Gasteiger partial charge in [-0.25, -0.2) is 9.48 Å². The number of esters is 1. The van der Waals surface area contributed by atoms with Crippen molar-refractivity contribution in [2.75, 3.05) is 12.3 Å². The van der Waals surface area contributed by atoms with Crippen LogP contribution in [0.3, 0.4) is 0 Å². The monoisotopic (exact) mass is 310 g/mol. The van der Waals surface area contributed by atoms with E-state index in [9.17, 15) is 9.59 Å². The van der Waals surface area contributed by atoms with Gasteiger partial charge in [0, 0.05) is 5.56 Å². The molecule has 22 heavy (non-hydrogen) atoms. The van der Waals surface area contributed by atoms with Crippen molar-refractivity contribution in [3.8, 4) is 0 Å². The van der Waals surface area contributed by atoms with Crippen molar-refractivity contribution in [1.29, 1.82) is 0 Å². The van der Waals surface area contributed by atoms with Gasteiger partial charge in [0.05, 0.1) is 25.4 Å². The molecule has 0 fully saturated rings. The van der Waals surface area contributed by atoms with Crippen LogP contribution in [0.2, 0.25) is 0 Å². The van der Waals surface area contributed by atoms with Crippen LogP contribution >= 0.6 is 0 Å². The summed E-state index contributed by atoms with van der Waals surface area (Å²) >= 11 is 0. The van der Waals surface area contributed by atoms with Gasteiger partial charge in [0.1, 0.15) is 18.0 Å². The van der Waals surface area contributed by atoms with E-state index in [4.69, 9.17) is 15.2 Å². The number of nitrogens with zero attached hydrogens (tertiary/aromatic N) is 3. The molecule has 1 aromatic heterocycles. The van der Waals surface area contributed by atoms with Crippen LogP contribution in [0, 0.1) is 0 Å². The number of hydrogen-bond acceptors (Lipinski definition) is 6. The molecule has 8 heteroatoms. The first-order valence-corrected chi connectivity index (χ1v) is 7.19. The smallest absolute Gasteiger partial charge is 0.410 e. The molecule has 0 radical (unpaired) electrons. The Balaban J connectivity index is 2.04. The summed E-state index contributed by atoms with van der Waals surface area (Å²) in [5.74, 6) is -0.00603. The van der Waals surface area contributed by atoms with Crippen molar-refractivity contribution < 1.29 is 19.1 Å². The molecule has 2 heterocycles. The summed E-state index contributed by atoms with van der Waals surface area (Å²) in [6.07, 6.45) is -0.401. The molecule has 0 unspecified atom stereocenters. The van der Waals surface area contributed by atoms with Gasteiger partial charge in [0.25, 0.3) is 0 Å². The number of ether oxygens (including phenoxy) is 2. The molecule has 1 aliphatic heterocycles. The van der Waals surface area contributed by atoms with Crippen molar-refractivity contribution in [2.45, 2.75) is 52.9 Å². The Kier molecular flexibility index (Phi) is 4.30. The molecule has 0 saturated heterocycles. The summed E-state index contributed by atoms with van der Waals surface area (Å²) in [4.78, 5) is 25.1. The van der Waals surface area contributed by atoms with E-state index < -0.39 is 11.7 Å². The minimum absolute atomic E-state index is 0.0287. The van der Waals surface area contributed by atoms with Gasteiger partial charge >= 0.3 is 12.1 Å².